The van der Waals surface area contributed by atoms with Crippen molar-refractivity contribution in [2.45, 2.75) is 62.5 Å². The molecule has 3 heterocycles. The van der Waals surface area contributed by atoms with E-state index in [0.717, 1.165) is 25.7 Å². The molecule has 2 N–H and O–H groups in total. The molecular formula is C21H26N2O7. The first-order valence-corrected chi connectivity index (χ1v) is 10.6. The number of nitrogens with one attached hydrogen (secondary N) is 2. The molecule has 4 atom stereocenters. The SMILES string of the molecule is O=C(NC1CCCCC1)O[C@@H]1CO[C@H]2[C@H]1OC[C@H]2NC(=O)c1ccc2c(c1)OCO2. The molecule has 0 spiro atoms. The van der Waals surface area contributed by atoms with Crippen LogP contribution in [-0.2, 0) is 14.2 Å². The van der Waals surface area contributed by atoms with E-state index in [1.54, 1.807) is 18.2 Å². The number of carbonyl (C=O) groups is 2. The van der Waals surface area contributed by atoms with Crippen molar-refractivity contribution in [3.8, 4) is 11.5 Å². The highest BCUT2D eigenvalue weighted by Crippen LogP contribution is 2.33. The minimum absolute atomic E-state index is 0.157. The molecule has 0 aromatic heterocycles. The van der Waals surface area contributed by atoms with Gasteiger partial charge in [0.15, 0.2) is 17.6 Å². The predicted molar refractivity (Wildman–Crippen MR) is 104 cm³/mol. The van der Waals surface area contributed by atoms with Crippen LogP contribution in [-0.4, -0.2) is 62.4 Å². The number of ether oxygens (including phenoxy) is 5. The smallest absolute Gasteiger partial charge is 0.407 e. The Labute approximate surface area is 174 Å². The zero-order chi connectivity index (χ0) is 20.5. The molecule has 3 aliphatic heterocycles. The van der Waals surface area contributed by atoms with Crippen LogP contribution in [0.3, 0.4) is 0 Å². The minimum atomic E-state index is -0.481. The predicted octanol–water partition coefficient (Wildman–Crippen LogP) is 1.74. The van der Waals surface area contributed by atoms with Crippen molar-refractivity contribution in [3.05, 3.63) is 23.8 Å². The Morgan fingerprint density at radius 2 is 1.73 bits per heavy atom. The van der Waals surface area contributed by atoms with Crippen molar-refractivity contribution >= 4 is 12.0 Å². The fourth-order valence-electron chi connectivity index (χ4n) is 4.56. The molecule has 30 heavy (non-hydrogen) atoms. The van der Waals surface area contributed by atoms with Gasteiger partial charge in [-0.25, -0.2) is 4.79 Å². The first-order chi connectivity index (χ1) is 14.7. The van der Waals surface area contributed by atoms with Gasteiger partial charge < -0.3 is 34.3 Å². The second-order valence-electron chi connectivity index (χ2n) is 8.17. The summed E-state index contributed by atoms with van der Waals surface area (Å²) in [6, 6.07) is 4.92. The number of hydrogen-bond donors (Lipinski definition) is 2. The van der Waals surface area contributed by atoms with E-state index in [-0.39, 0.29) is 43.6 Å². The van der Waals surface area contributed by atoms with Gasteiger partial charge in [0.2, 0.25) is 6.79 Å². The van der Waals surface area contributed by atoms with Crippen molar-refractivity contribution < 1.29 is 33.3 Å². The van der Waals surface area contributed by atoms with Crippen molar-refractivity contribution in [1.29, 1.82) is 0 Å². The lowest BCUT2D eigenvalue weighted by atomic mass is 9.96. The molecule has 2 amide bonds. The third-order valence-corrected chi connectivity index (χ3v) is 6.14. The van der Waals surface area contributed by atoms with Gasteiger partial charge in [-0.05, 0) is 31.0 Å². The number of benzene rings is 1. The maximum Gasteiger partial charge on any atom is 0.407 e. The zero-order valence-electron chi connectivity index (χ0n) is 16.6. The van der Waals surface area contributed by atoms with Gasteiger partial charge in [0, 0.05) is 11.6 Å². The Morgan fingerprint density at radius 3 is 2.60 bits per heavy atom. The van der Waals surface area contributed by atoms with E-state index in [9.17, 15) is 9.59 Å². The number of amides is 2. The highest BCUT2D eigenvalue weighted by Gasteiger charge is 2.50. The van der Waals surface area contributed by atoms with Gasteiger partial charge in [0.25, 0.3) is 5.91 Å². The van der Waals surface area contributed by atoms with E-state index < -0.39 is 12.2 Å². The van der Waals surface area contributed by atoms with Crippen LogP contribution < -0.4 is 20.1 Å². The average molecular weight is 418 g/mol. The summed E-state index contributed by atoms with van der Waals surface area (Å²) in [6.45, 7) is 0.712. The first kappa shape index (κ1) is 19.4. The summed E-state index contributed by atoms with van der Waals surface area (Å²) in [5.41, 5.74) is 0.473. The second-order valence-corrected chi connectivity index (χ2v) is 8.17. The van der Waals surface area contributed by atoms with E-state index in [2.05, 4.69) is 10.6 Å². The first-order valence-electron chi connectivity index (χ1n) is 10.6. The summed E-state index contributed by atoms with van der Waals surface area (Å²) < 4.78 is 27.8. The summed E-state index contributed by atoms with van der Waals surface area (Å²) in [6.07, 6.45) is 3.84. The topological polar surface area (TPSA) is 104 Å². The van der Waals surface area contributed by atoms with Crippen molar-refractivity contribution in [2.24, 2.45) is 0 Å². The molecule has 1 aliphatic carbocycles. The monoisotopic (exact) mass is 418 g/mol. The number of alkyl carbamates (subject to hydrolysis) is 1. The van der Waals surface area contributed by atoms with E-state index in [0.29, 0.717) is 23.7 Å². The zero-order valence-corrected chi connectivity index (χ0v) is 16.6. The van der Waals surface area contributed by atoms with E-state index in [1.807, 2.05) is 0 Å². The van der Waals surface area contributed by atoms with Gasteiger partial charge in [-0.2, -0.15) is 0 Å². The van der Waals surface area contributed by atoms with Gasteiger partial charge >= 0.3 is 6.09 Å². The van der Waals surface area contributed by atoms with Crippen molar-refractivity contribution in [1.82, 2.24) is 10.6 Å². The van der Waals surface area contributed by atoms with Crippen LogP contribution in [0.5, 0.6) is 11.5 Å². The van der Waals surface area contributed by atoms with Gasteiger partial charge in [0.1, 0.15) is 12.2 Å². The lowest BCUT2D eigenvalue weighted by molar-refractivity contribution is 0.00260. The normalized spacial score (nSPS) is 30.0. The van der Waals surface area contributed by atoms with Crippen LogP contribution in [0.4, 0.5) is 4.79 Å². The number of fused-ring (bicyclic) bond motifs is 2. The van der Waals surface area contributed by atoms with Crippen LogP contribution in [0.25, 0.3) is 0 Å². The second kappa shape index (κ2) is 8.31. The Hall–Kier alpha value is -2.52. The summed E-state index contributed by atoms with van der Waals surface area (Å²) >= 11 is 0. The standard InChI is InChI=1S/C21H26N2O7/c24-20(12-6-7-15-16(8-12)29-11-28-15)23-14-9-26-19-17(10-27-18(14)19)30-21(25)22-13-4-2-1-3-5-13/h6-8,13-14,17-19H,1-5,9-11H2,(H,22,25)(H,23,24)/t14-,17-,18-,19+/m1/s1. The largest absolute Gasteiger partial charge is 0.454 e. The fourth-order valence-corrected chi connectivity index (χ4v) is 4.56. The van der Waals surface area contributed by atoms with Crippen LogP contribution in [0, 0.1) is 0 Å². The summed E-state index contributed by atoms with van der Waals surface area (Å²) in [4.78, 5) is 24.9. The molecule has 2 saturated heterocycles. The third-order valence-electron chi connectivity index (χ3n) is 6.14. The Morgan fingerprint density at radius 1 is 0.933 bits per heavy atom. The van der Waals surface area contributed by atoms with Crippen LogP contribution in [0.1, 0.15) is 42.5 Å². The molecule has 3 fully saturated rings. The van der Waals surface area contributed by atoms with Crippen LogP contribution in [0.15, 0.2) is 18.2 Å². The van der Waals surface area contributed by atoms with E-state index in [4.69, 9.17) is 23.7 Å². The van der Waals surface area contributed by atoms with E-state index in [1.165, 1.54) is 6.42 Å². The molecule has 0 unspecified atom stereocenters. The Balaban J connectivity index is 1.14. The van der Waals surface area contributed by atoms with Gasteiger partial charge in [-0.3, -0.25) is 4.79 Å². The number of hydrogen-bond acceptors (Lipinski definition) is 7. The van der Waals surface area contributed by atoms with E-state index >= 15 is 0 Å². The average Bonchev–Trinajstić information content (AvgIpc) is 3.47. The molecule has 4 aliphatic rings. The van der Waals surface area contributed by atoms with Crippen LogP contribution >= 0.6 is 0 Å². The fraction of sp³-hybridized carbons (Fsp3) is 0.619. The molecule has 162 valence electrons. The molecule has 0 radical (unpaired) electrons. The highest BCUT2D eigenvalue weighted by molar-refractivity contribution is 5.95. The summed E-state index contributed by atoms with van der Waals surface area (Å²) in [5.74, 6) is 0.935. The maximum absolute atomic E-state index is 12.7. The molecule has 0 bridgehead atoms. The Bertz CT molecular complexity index is 811. The summed E-state index contributed by atoms with van der Waals surface area (Å²) in [5, 5.41) is 5.90. The number of rotatable bonds is 4. The molecular weight excluding hydrogens is 392 g/mol. The van der Waals surface area contributed by atoms with Crippen molar-refractivity contribution in [3.63, 3.8) is 0 Å². The lowest BCUT2D eigenvalue weighted by Gasteiger charge is -2.24. The van der Waals surface area contributed by atoms with Gasteiger partial charge in [-0.1, -0.05) is 19.3 Å². The minimum Gasteiger partial charge on any atom is -0.454 e. The molecule has 5 rings (SSSR count). The molecule has 9 nitrogen and oxygen atoms in total. The third kappa shape index (κ3) is 3.91. The molecule has 1 aromatic carbocycles. The van der Waals surface area contributed by atoms with Crippen molar-refractivity contribution in [2.75, 3.05) is 20.0 Å². The number of carbonyl (C=O) groups excluding carboxylic acids is 2. The highest BCUT2D eigenvalue weighted by atomic mass is 16.7. The summed E-state index contributed by atoms with van der Waals surface area (Å²) in [7, 11) is 0. The van der Waals surface area contributed by atoms with Gasteiger partial charge in [0.05, 0.1) is 19.3 Å². The lowest BCUT2D eigenvalue weighted by Crippen LogP contribution is -2.45. The molecule has 1 aromatic rings. The molecule has 9 heteroatoms. The Kier molecular flexibility index (Phi) is 5.39. The maximum atomic E-state index is 12.7. The quantitative estimate of drug-likeness (QED) is 0.767. The van der Waals surface area contributed by atoms with Gasteiger partial charge in [-0.15, -0.1) is 0 Å². The van der Waals surface area contributed by atoms with Crippen LogP contribution in [0.2, 0.25) is 0 Å². The molecule has 1 saturated carbocycles.